The molecule has 14 heteroatoms. The molecule has 2 saturated carbocycles. The molecule has 240 valence electrons. The number of hydrogen-bond acceptors (Lipinski definition) is 7. The minimum Gasteiger partial charge on any atom is -0.494 e. The molecule has 2 atom stereocenters. The van der Waals surface area contributed by atoms with E-state index >= 15 is 0 Å². The molecule has 2 fully saturated rings. The normalized spacial score (nSPS) is 20.6. The first-order chi connectivity index (χ1) is 21.9. The lowest BCUT2D eigenvalue weighted by molar-refractivity contribution is -0.265. The van der Waals surface area contributed by atoms with Crippen molar-refractivity contribution in [3.05, 3.63) is 71.3 Å². The van der Waals surface area contributed by atoms with E-state index in [1.807, 2.05) is 0 Å². The maximum Gasteiger partial charge on any atom is 0.424 e. The number of primary amides is 1. The molecule has 0 unspecified atom stereocenters. The van der Waals surface area contributed by atoms with Crippen molar-refractivity contribution in [2.45, 2.75) is 48.9 Å². The van der Waals surface area contributed by atoms with E-state index in [2.05, 4.69) is 15.4 Å². The van der Waals surface area contributed by atoms with Crippen LogP contribution in [-0.4, -0.2) is 58.1 Å². The van der Waals surface area contributed by atoms with Crippen molar-refractivity contribution in [1.82, 2.24) is 20.1 Å². The number of nitrogens with zero attached hydrogens (tertiary/aromatic N) is 3. The fourth-order valence-corrected chi connectivity index (χ4v) is 6.19. The molecule has 4 aromatic rings. The third kappa shape index (κ3) is 4.73. The van der Waals surface area contributed by atoms with Gasteiger partial charge in [0.05, 0.1) is 25.4 Å². The summed E-state index contributed by atoms with van der Waals surface area (Å²) in [5, 5.41) is 18.7. The van der Waals surface area contributed by atoms with Crippen LogP contribution in [0.25, 0.3) is 22.2 Å². The van der Waals surface area contributed by atoms with Crippen LogP contribution < -0.4 is 20.5 Å². The Kier molecular flexibility index (Phi) is 6.78. The number of benzene rings is 2. The molecule has 1 aliphatic heterocycles. The zero-order chi connectivity index (χ0) is 32.6. The summed E-state index contributed by atoms with van der Waals surface area (Å²) < 4.78 is 71.4. The number of carbonyl (C=O) groups excluding carboxylic acids is 2. The van der Waals surface area contributed by atoms with E-state index in [9.17, 15) is 32.3 Å². The Morgan fingerprint density at radius 3 is 2.48 bits per heavy atom. The highest BCUT2D eigenvalue weighted by molar-refractivity contribution is 6.00. The summed E-state index contributed by atoms with van der Waals surface area (Å²) in [5.41, 5.74) is 0.413. The van der Waals surface area contributed by atoms with Gasteiger partial charge in [-0.25, -0.2) is 9.37 Å². The number of halogens is 4. The van der Waals surface area contributed by atoms with Gasteiger partial charge in [-0.2, -0.15) is 18.3 Å². The van der Waals surface area contributed by atoms with E-state index in [-0.39, 0.29) is 52.4 Å². The molecule has 3 heterocycles. The quantitative estimate of drug-likeness (QED) is 0.232. The van der Waals surface area contributed by atoms with Gasteiger partial charge in [0.25, 0.3) is 5.91 Å². The minimum atomic E-state index is -5.34. The number of methoxy groups -OCH3 is 1. The van der Waals surface area contributed by atoms with Crippen LogP contribution in [0, 0.1) is 11.7 Å². The van der Waals surface area contributed by atoms with Crippen molar-refractivity contribution in [3.63, 3.8) is 0 Å². The zero-order valence-electron chi connectivity index (χ0n) is 24.5. The third-order valence-corrected chi connectivity index (χ3v) is 9.12. The number of ether oxygens (including phenoxy) is 2. The average Bonchev–Trinajstić information content (AvgIpc) is 3.97. The van der Waals surface area contributed by atoms with E-state index in [1.54, 1.807) is 10.9 Å². The summed E-state index contributed by atoms with van der Waals surface area (Å²) in [4.78, 5) is 30.4. The highest BCUT2D eigenvalue weighted by Gasteiger charge is 2.60. The number of fused-ring (bicyclic) bond motifs is 2. The lowest BCUT2D eigenvalue weighted by Gasteiger charge is -2.32. The van der Waals surface area contributed by atoms with Crippen molar-refractivity contribution < 1.29 is 41.7 Å². The van der Waals surface area contributed by atoms with E-state index in [1.165, 1.54) is 31.4 Å². The van der Waals surface area contributed by atoms with E-state index in [4.69, 9.17) is 15.2 Å². The third-order valence-electron chi connectivity index (χ3n) is 9.12. The number of nitrogens with two attached hydrogens (primary N) is 1. The van der Waals surface area contributed by atoms with Crippen molar-refractivity contribution in [1.29, 1.82) is 0 Å². The Morgan fingerprint density at radius 2 is 1.87 bits per heavy atom. The summed E-state index contributed by atoms with van der Waals surface area (Å²) in [5.74, 6) is -2.27. The van der Waals surface area contributed by atoms with Gasteiger partial charge in [-0.05, 0) is 74.1 Å². The van der Waals surface area contributed by atoms with Gasteiger partial charge in [0.1, 0.15) is 40.5 Å². The van der Waals surface area contributed by atoms with Crippen molar-refractivity contribution in [2.24, 2.45) is 11.7 Å². The highest BCUT2D eigenvalue weighted by Crippen LogP contribution is 2.56. The Labute approximate surface area is 259 Å². The van der Waals surface area contributed by atoms with E-state index < -0.39 is 47.1 Å². The Hall–Kier alpha value is -4.72. The minimum absolute atomic E-state index is 0.00647. The second-order valence-electron chi connectivity index (χ2n) is 12.1. The van der Waals surface area contributed by atoms with Gasteiger partial charge in [-0.15, -0.1) is 0 Å². The second kappa shape index (κ2) is 10.4. The summed E-state index contributed by atoms with van der Waals surface area (Å²) in [7, 11) is 1.39. The van der Waals surface area contributed by atoms with Gasteiger partial charge < -0.3 is 25.6 Å². The van der Waals surface area contributed by atoms with Crippen LogP contribution in [0.2, 0.25) is 0 Å². The lowest BCUT2D eigenvalue weighted by atomic mass is 9.76. The van der Waals surface area contributed by atoms with Crippen LogP contribution in [0.4, 0.5) is 17.6 Å². The Balaban J connectivity index is 1.29. The van der Waals surface area contributed by atoms with E-state index in [0.717, 1.165) is 31.0 Å². The molecule has 2 aromatic carbocycles. The lowest BCUT2D eigenvalue weighted by Crippen LogP contribution is -2.52. The van der Waals surface area contributed by atoms with Crippen molar-refractivity contribution in [2.75, 3.05) is 20.3 Å². The Morgan fingerprint density at radius 1 is 1.15 bits per heavy atom. The summed E-state index contributed by atoms with van der Waals surface area (Å²) in [6.07, 6.45) is -0.469. The first kappa shape index (κ1) is 30.0. The largest absolute Gasteiger partial charge is 0.494 e. The molecule has 2 amide bonds. The number of aliphatic hydroxyl groups is 1. The molecular weight excluding hydrogens is 610 g/mol. The number of nitrogens with one attached hydrogen (secondary N) is 1. The van der Waals surface area contributed by atoms with Gasteiger partial charge in [0, 0.05) is 28.3 Å². The molecule has 2 aliphatic carbocycles. The van der Waals surface area contributed by atoms with Crippen LogP contribution >= 0.6 is 0 Å². The summed E-state index contributed by atoms with van der Waals surface area (Å²) in [6.45, 7) is -1.54. The zero-order valence-corrected chi connectivity index (χ0v) is 24.5. The predicted octanol–water partition coefficient (Wildman–Crippen LogP) is 4.29. The molecule has 0 radical (unpaired) electrons. The highest BCUT2D eigenvalue weighted by atomic mass is 19.4. The van der Waals surface area contributed by atoms with Crippen LogP contribution in [0.1, 0.15) is 53.3 Å². The number of alkyl halides is 3. The molecular formula is C32H29F4N5O5. The van der Waals surface area contributed by atoms with Crippen LogP contribution in [0.5, 0.6) is 11.5 Å². The number of rotatable bonds is 9. The van der Waals surface area contributed by atoms with Crippen LogP contribution in [0.3, 0.4) is 0 Å². The molecule has 46 heavy (non-hydrogen) atoms. The van der Waals surface area contributed by atoms with Gasteiger partial charge in [-0.1, -0.05) is 0 Å². The number of hydrogen-bond donors (Lipinski definition) is 3. The van der Waals surface area contributed by atoms with Gasteiger partial charge >= 0.3 is 6.18 Å². The van der Waals surface area contributed by atoms with Gasteiger partial charge in [0.2, 0.25) is 11.5 Å². The molecule has 0 saturated heterocycles. The smallest absolute Gasteiger partial charge is 0.424 e. The SMILES string of the molecule is COc1cc(C(=O)NC[C@](O)(c2cc3c(c(-c4ccc(F)cc4)n2)OC[C@]3(C(N)=O)C2CC2)C(F)(F)F)cc2cn(C3CC3)nc12. The number of aromatic nitrogens is 3. The number of amides is 2. The monoisotopic (exact) mass is 639 g/mol. The molecule has 4 N–H and O–H groups in total. The van der Waals surface area contributed by atoms with E-state index in [0.29, 0.717) is 23.7 Å². The molecule has 3 aliphatic rings. The molecule has 10 nitrogen and oxygen atoms in total. The fourth-order valence-electron chi connectivity index (χ4n) is 6.19. The molecule has 0 bridgehead atoms. The topological polar surface area (TPSA) is 142 Å². The maximum absolute atomic E-state index is 14.9. The molecule has 7 rings (SSSR count). The van der Waals surface area contributed by atoms with Crippen molar-refractivity contribution >= 4 is 22.7 Å². The molecule has 2 aromatic heterocycles. The average molecular weight is 640 g/mol. The Bertz CT molecular complexity index is 1890. The second-order valence-corrected chi connectivity index (χ2v) is 12.1. The number of carbonyl (C=O) groups is 2. The van der Waals surface area contributed by atoms with Crippen LogP contribution in [-0.2, 0) is 15.8 Å². The maximum atomic E-state index is 14.9. The first-order valence-electron chi connectivity index (χ1n) is 14.7. The van der Waals surface area contributed by atoms with Gasteiger partial charge in [-0.3, -0.25) is 14.3 Å². The standard InChI is InChI=1S/C32H29F4N5O5/c1-45-23-11-17(10-18-13-41(21-8-9-21)40-25(18)23)28(42)38-14-31(44,32(34,35)36)24-12-22-27(26(39-24)16-2-6-20(33)7-3-16)46-15-30(22,29(37)43)19-4-5-19/h2-3,6-7,10-13,19,21,44H,4-5,8-9,14-15H2,1H3,(H2,37,43)(H,38,42)/t30-,31-/m0/s1. The summed E-state index contributed by atoms with van der Waals surface area (Å²) in [6, 6.07) is 8.88. The van der Waals surface area contributed by atoms with Crippen LogP contribution in [0.15, 0.2) is 48.7 Å². The fraction of sp³-hybridized carbons (Fsp3) is 0.375. The van der Waals surface area contributed by atoms with Crippen molar-refractivity contribution in [3.8, 4) is 22.8 Å². The summed E-state index contributed by atoms with van der Waals surface area (Å²) >= 11 is 0. The predicted molar refractivity (Wildman–Crippen MR) is 156 cm³/mol. The molecule has 0 spiro atoms. The van der Waals surface area contributed by atoms with Gasteiger partial charge in [0.15, 0.2) is 0 Å². The number of pyridine rings is 1. The first-order valence-corrected chi connectivity index (χ1v) is 14.7.